The summed E-state index contributed by atoms with van der Waals surface area (Å²) in [5, 5.41) is 26.7. The number of rotatable bonds is 20. The molecule has 0 unspecified atom stereocenters. The zero-order chi connectivity index (χ0) is 35.2. The van der Waals surface area contributed by atoms with Crippen LogP contribution in [0.15, 0.2) is 18.2 Å². The lowest BCUT2D eigenvalue weighted by atomic mass is 9.80. The largest absolute Gasteiger partial charge is 0.493 e. The van der Waals surface area contributed by atoms with E-state index in [0.717, 1.165) is 12.0 Å². The number of aliphatic carboxylic acids is 1. The fraction of sp³-hybridized carbons (Fsp3) is 0.743. The van der Waals surface area contributed by atoms with Gasteiger partial charge in [-0.3, -0.25) is 9.59 Å². The van der Waals surface area contributed by atoms with Crippen LogP contribution in [-0.2, 0) is 25.5 Å². The maximum atomic E-state index is 13.2. The summed E-state index contributed by atoms with van der Waals surface area (Å²) in [6.45, 7) is 17.4. The minimum atomic E-state index is -1.14. The van der Waals surface area contributed by atoms with Gasteiger partial charge in [0.2, 0.25) is 5.91 Å². The molecule has 0 aliphatic rings. The number of aliphatic hydroxyl groups excluding tert-OH is 1. The minimum absolute atomic E-state index is 0.0343. The molecule has 0 radical (unpaired) electrons. The van der Waals surface area contributed by atoms with Crippen molar-refractivity contribution in [2.75, 3.05) is 34.0 Å². The number of carbonyl (C=O) groups is 3. The van der Waals surface area contributed by atoms with Gasteiger partial charge in [0.25, 0.3) is 0 Å². The second kappa shape index (κ2) is 18.9. The molecule has 1 aromatic carbocycles. The Bertz CT molecular complexity index is 1100. The monoisotopic (exact) mass is 652 g/mol. The molecular formula is C35H60N2O9. The number of aliphatic hydroxyl groups is 1. The molecule has 4 N–H and O–H groups in total. The number of carboxylic acid groups (broad SMARTS) is 1. The number of carboxylic acids is 1. The van der Waals surface area contributed by atoms with Crippen molar-refractivity contribution < 1.29 is 43.5 Å². The standard InChI is InChI=1S/C35H60N2O9/c1-22(2)25(17-24-13-14-29(44-11)30(18-24)45-16-12-15-43-10)19-27(37-33(42)46-34(5,6)7)28(38)20-26(23(3)4)31(39)36-21-35(8,9)32(40)41/h13-14,18,22-23,25-28,38H,12,15-17,19-21H2,1-11H3,(H,36,39)(H,37,42)(H,40,41)/t25-,26-,27-,28-/m0/s1. The molecule has 0 fully saturated rings. The first-order valence-electron chi connectivity index (χ1n) is 16.3. The molecule has 0 saturated carbocycles. The van der Waals surface area contributed by atoms with Gasteiger partial charge in [-0.1, -0.05) is 33.8 Å². The zero-order valence-corrected chi connectivity index (χ0v) is 29.9. The molecule has 1 rings (SSSR count). The van der Waals surface area contributed by atoms with Crippen LogP contribution >= 0.6 is 0 Å². The van der Waals surface area contributed by atoms with E-state index in [1.165, 1.54) is 0 Å². The second-order valence-electron chi connectivity index (χ2n) is 14.4. The van der Waals surface area contributed by atoms with Gasteiger partial charge in [-0.15, -0.1) is 0 Å². The lowest BCUT2D eigenvalue weighted by Gasteiger charge is -2.33. The molecule has 0 saturated heterocycles. The van der Waals surface area contributed by atoms with Crippen LogP contribution in [0, 0.1) is 29.1 Å². The van der Waals surface area contributed by atoms with E-state index in [0.29, 0.717) is 37.6 Å². The predicted octanol–water partition coefficient (Wildman–Crippen LogP) is 5.46. The second-order valence-corrected chi connectivity index (χ2v) is 14.4. The van der Waals surface area contributed by atoms with Crippen LogP contribution < -0.4 is 20.1 Å². The number of hydrogen-bond donors (Lipinski definition) is 4. The SMILES string of the molecule is COCCCOc1cc(C[C@@H](C[C@H](NC(=O)OC(C)(C)C)[C@@H](O)C[C@H](C(=O)NCC(C)(C)C(=O)O)C(C)C)C(C)C)ccc1OC. The Labute approximate surface area is 276 Å². The van der Waals surface area contributed by atoms with E-state index in [2.05, 4.69) is 24.5 Å². The van der Waals surface area contributed by atoms with Crippen molar-refractivity contribution in [3.8, 4) is 11.5 Å². The number of benzene rings is 1. The van der Waals surface area contributed by atoms with Gasteiger partial charge in [0.15, 0.2) is 11.5 Å². The first-order chi connectivity index (χ1) is 21.3. The molecule has 264 valence electrons. The molecule has 46 heavy (non-hydrogen) atoms. The quantitative estimate of drug-likeness (QED) is 0.135. The number of ether oxygens (including phenoxy) is 4. The van der Waals surface area contributed by atoms with Crippen molar-refractivity contribution in [2.45, 2.75) is 106 Å². The maximum Gasteiger partial charge on any atom is 0.407 e. The average molecular weight is 653 g/mol. The number of alkyl carbamates (subject to hydrolysis) is 1. The number of amides is 2. The molecule has 1 aromatic rings. The third kappa shape index (κ3) is 14.6. The van der Waals surface area contributed by atoms with E-state index in [1.807, 2.05) is 32.0 Å². The third-order valence-electron chi connectivity index (χ3n) is 8.06. The lowest BCUT2D eigenvalue weighted by molar-refractivity contribution is -0.147. The summed E-state index contributed by atoms with van der Waals surface area (Å²) in [5.74, 6) is -0.622. The summed E-state index contributed by atoms with van der Waals surface area (Å²) in [7, 11) is 3.25. The summed E-state index contributed by atoms with van der Waals surface area (Å²) in [6, 6.07) is 5.11. The van der Waals surface area contributed by atoms with Gasteiger partial charge in [-0.25, -0.2) is 4.79 Å². The lowest BCUT2D eigenvalue weighted by Crippen LogP contribution is -2.49. The summed E-state index contributed by atoms with van der Waals surface area (Å²) in [5.41, 5.74) is -0.860. The fourth-order valence-corrected chi connectivity index (χ4v) is 4.96. The van der Waals surface area contributed by atoms with Crippen molar-refractivity contribution >= 4 is 18.0 Å². The number of nitrogens with one attached hydrogen (secondary N) is 2. The van der Waals surface area contributed by atoms with E-state index in [4.69, 9.17) is 18.9 Å². The van der Waals surface area contributed by atoms with E-state index in [-0.39, 0.29) is 36.6 Å². The van der Waals surface area contributed by atoms with E-state index in [9.17, 15) is 24.6 Å². The van der Waals surface area contributed by atoms with E-state index < -0.39 is 41.1 Å². The Morgan fingerprint density at radius 2 is 1.57 bits per heavy atom. The third-order valence-corrected chi connectivity index (χ3v) is 8.06. The highest BCUT2D eigenvalue weighted by atomic mass is 16.6. The first kappa shape index (κ1) is 41.0. The highest BCUT2D eigenvalue weighted by Gasteiger charge is 2.35. The van der Waals surface area contributed by atoms with Gasteiger partial charge in [-0.2, -0.15) is 0 Å². The van der Waals surface area contributed by atoms with E-state index in [1.54, 1.807) is 48.8 Å². The molecule has 4 atom stereocenters. The van der Waals surface area contributed by atoms with Crippen LogP contribution in [0.4, 0.5) is 4.79 Å². The van der Waals surface area contributed by atoms with Gasteiger partial charge < -0.3 is 39.8 Å². The van der Waals surface area contributed by atoms with Gasteiger partial charge >= 0.3 is 12.1 Å². The smallest absolute Gasteiger partial charge is 0.407 e. The molecule has 0 bridgehead atoms. The topological polar surface area (TPSA) is 153 Å². The van der Waals surface area contributed by atoms with Crippen molar-refractivity contribution in [3.63, 3.8) is 0 Å². The van der Waals surface area contributed by atoms with Gasteiger partial charge in [0.1, 0.15) is 5.60 Å². The highest BCUT2D eigenvalue weighted by molar-refractivity contribution is 5.80. The van der Waals surface area contributed by atoms with Crippen molar-refractivity contribution in [1.29, 1.82) is 0 Å². The van der Waals surface area contributed by atoms with Gasteiger partial charge in [0, 0.05) is 32.6 Å². The normalized spacial score (nSPS) is 14.7. The summed E-state index contributed by atoms with van der Waals surface area (Å²) < 4.78 is 22.1. The van der Waals surface area contributed by atoms with Crippen LogP contribution in [0.1, 0.15) is 87.1 Å². The molecule has 11 nitrogen and oxygen atoms in total. The molecule has 0 aliphatic heterocycles. The molecular weight excluding hydrogens is 592 g/mol. The summed E-state index contributed by atoms with van der Waals surface area (Å²) >= 11 is 0. The van der Waals surface area contributed by atoms with E-state index >= 15 is 0 Å². The average Bonchev–Trinajstić information content (AvgIpc) is 2.94. The van der Waals surface area contributed by atoms with Gasteiger partial charge in [-0.05, 0) is 89.3 Å². The summed E-state index contributed by atoms with van der Waals surface area (Å²) in [4.78, 5) is 37.7. The molecule has 2 amide bonds. The molecule has 11 heteroatoms. The molecule has 0 aliphatic carbocycles. The number of carbonyl (C=O) groups excluding carboxylic acids is 2. The van der Waals surface area contributed by atoms with Crippen LogP contribution in [0.2, 0.25) is 0 Å². The Hall–Kier alpha value is -3.05. The Kier molecular flexibility index (Phi) is 16.9. The van der Waals surface area contributed by atoms with Crippen LogP contribution in [0.5, 0.6) is 11.5 Å². The molecule has 0 spiro atoms. The van der Waals surface area contributed by atoms with Crippen LogP contribution in [0.25, 0.3) is 0 Å². The first-order valence-corrected chi connectivity index (χ1v) is 16.3. The van der Waals surface area contributed by atoms with Crippen molar-refractivity contribution in [1.82, 2.24) is 10.6 Å². The minimum Gasteiger partial charge on any atom is -0.493 e. The highest BCUT2D eigenvalue weighted by Crippen LogP contribution is 2.32. The number of hydrogen-bond acceptors (Lipinski definition) is 8. The van der Waals surface area contributed by atoms with Crippen LogP contribution in [0.3, 0.4) is 0 Å². The molecule has 0 aromatic heterocycles. The van der Waals surface area contributed by atoms with Gasteiger partial charge in [0.05, 0.1) is 31.3 Å². The van der Waals surface area contributed by atoms with Crippen molar-refractivity contribution in [3.05, 3.63) is 23.8 Å². The maximum absolute atomic E-state index is 13.2. The Morgan fingerprint density at radius 1 is 0.913 bits per heavy atom. The summed E-state index contributed by atoms with van der Waals surface area (Å²) in [6.07, 6.45) is 0.157. The molecule has 0 heterocycles. The zero-order valence-electron chi connectivity index (χ0n) is 29.9. The van der Waals surface area contributed by atoms with Crippen molar-refractivity contribution in [2.24, 2.45) is 29.1 Å². The number of methoxy groups -OCH3 is 2. The fourth-order valence-electron chi connectivity index (χ4n) is 4.96. The Morgan fingerprint density at radius 3 is 2.09 bits per heavy atom. The van der Waals surface area contributed by atoms with Crippen LogP contribution in [-0.4, -0.2) is 79.9 Å². The Balaban J connectivity index is 3.26. The predicted molar refractivity (Wildman–Crippen MR) is 178 cm³/mol.